The number of hydrogen-bond acceptors (Lipinski definition) is 2. The molecule has 0 bridgehead atoms. The Balaban J connectivity index is 2.42. The summed E-state index contributed by atoms with van der Waals surface area (Å²) >= 11 is 0. The summed E-state index contributed by atoms with van der Waals surface area (Å²) in [6.45, 7) is 6.46. The van der Waals surface area contributed by atoms with Crippen LogP contribution in [0.3, 0.4) is 0 Å². The zero-order valence-corrected chi connectivity index (χ0v) is 6.84. The van der Waals surface area contributed by atoms with E-state index < -0.39 is 5.60 Å². The summed E-state index contributed by atoms with van der Waals surface area (Å²) in [6.07, 6.45) is 1.18. The van der Waals surface area contributed by atoms with E-state index in [-0.39, 0.29) is 5.91 Å². The zero-order chi connectivity index (χ0) is 8.48. The van der Waals surface area contributed by atoms with Crippen LogP contribution in [0.1, 0.15) is 19.8 Å². The van der Waals surface area contributed by atoms with Gasteiger partial charge in [0, 0.05) is 20.0 Å². The van der Waals surface area contributed by atoms with Crippen LogP contribution in [0, 0.1) is 6.92 Å². The van der Waals surface area contributed by atoms with Crippen molar-refractivity contribution in [1.82, 2.24) is 4.90 Å². The first-order chi connectivity index (χ1) is 5.01. The number of likely N-dealkylation sites (tertiary alicyclic amines) is 1. The van der Waals surface area contributed by atoms with Crippen molar-refractivity contribution in [2.75, 3.05) is 13.1 Å². The number of hydrogen-bond donors (Lipinski definition) is 1. The van der Waals surface area contributed by atoms with E-state index in [4.69, 9.17) is 0 Å². The number of carbonyl (C=O) groups excluding carboxylic acids is 1. The second kappa shape index (κ2) is 2.81. The van der Waals surface area contributed by atoms with Crippen LogP contribution < -0.4 is 0 Å². The van der Waals surface area contributed by atoms with Crippen molar-refractivity contribution in [3.63, 3.8) is 0 Å². The maximum absolute atomic E-state index is 10.8. The summed E-state index contributed by atoms with van der Waals surface area (Å²) < 4.78 is 0. The van der Waals surface area contributed by atoms with E-state index in [9.17, 15) is 9.90 Å². The molecule has 1 aliphatic heterocycles. The minimum absolute atomic E-state index is 0.0838. The van der Waals surface area contributed by atoms with Gasteiger partial charge < -0.3 is 10.0 Å². The van der Waals surface area contributed by atoms with Crippen LogP contribution in [0.5, 0.6) is 0 Å². The predicted molar refractivity (Wildman–Crippen MR) is 41.8 cm³/mol. The average Bonchev–Trinajstić information content (AvgIpc) is 1.86. The molecule has 0 aliphatic carbocycles. The number of amides is 1. The molecule has 0 atom stereocenters. The van der Waals surface area contributed by atoms with Crippen molar-refractivity contribution in [3.05, 3.63) is 6.92 Å². The van der Waals surface area contributed by atoms with Crippen LogP contribution in [0.25, 0.3) is 0 Å². The normalized spacial score (nSPS) is 23.4. The van der Waals surface area contributed by atoms with Gasteiger partial charge in [0.25, 0.3) is 0 Å². The van der Waals surface area contributed by atoms with Gasteiger partial charge in [-0.25, -0.2) is 0 Å². The second-order valence-electron chi connectivity index (χ2n) is 3.23. The Labute approximate surface area is 67.0 Å². The number of nitrogens with zero attached hydrogens (tertiary/aromatic N) is 1. The summed E-state index contributed by atoms with van der Waals surface area (Å²) in [5.41, 5.74) is -0.800. The lowest BCUT2D eigenvalue weighted by Crippen LogP contribution is -2.44. The molecule has 1 heterocycles. The van der Waals surface area contributed by atoms with E-state index in [1.807, 2.05) is 0 Å². The Bertz CT molecular complexity index is 155. The third-order valence-electron chi connectivity index (χ3n) is 2.14. The van der Waals surface area contributed by atoms with Gasteiger partial charge in [-0.3, -0.25) is 4.79 Å². The molecule has 1 fully saturated rings. The minimum atomic E-state index is -0.800. The van der Waals surface area contributed by atoms with E-state index in [0.29, 0.717) is 25.9 Å². The van der Waals surface area contributed by atoms with Crippen LogP contribution in [-0.4, -0.2) is 34.6 Å². The Morgan fingerprint density at radius 1 is 1.55 bits per heavy atom. The molecule has 3 nitrogen and oxygen atoms in total. The standard InChI is InChI=1S/C8H14NO2/c1-7(10)9-5-3-8(2,11)4-6-9/h11H,2-6H2,1H3. The smallest absolute Gasteiger partial charge is 0.219 e. The van der Waals surface area contributed by atoms with Gasteiger partial charge in [-0.05, 0) is 19.8 Å². The summed E-state index contributed by atoms with van der Waals surface area (Å²) in [7, 11) is 0. The van der Waals surface area contributed by atoms with E-state index in [0.717, 1.165) is 0 Å². The van der Waals surface area contributed by atoms with Crippen molar-refractivity contribution in [2.24, 2.45) is 0 Å². The van der Waals surface area contributed by atoms with Crippen molar-refractivity contribution in [2.45, 2.75) is 25.4 Å². The highest BCUT2D eigenvalue weighted by Gasteiger charge is 2.28. The van der Waals surface area contributed by atoms with Gasteiger partial charge in [0.05, 0.1) is 5.60 Å². The summed E-state index contributed by atoms with van der Waals surface area (Å²) in [6, 6.07) is 0. The first-order valence-corrected chi connectivity index (χ1v) is 3.84. The van der Waals surface area contributed by atoms with E-state index >= 15 is 0 Å². The summed E-state index contributed by atoms with van der Waals surface area (Å²) in [5.74, 6) is 0.0838. The highest BCUT2D eigenvalue weighted by atomic mass is 16.3. The van der Waals surface area contributed by atoms with Gasteiger partial charge in [-0.15, -0.1) is 0 Å². The fraction of sp³-hybridized carbons (Fsp3) is 0.750. The molecule has 0 unspecified atom stereocenters. The maximum atomic E-state index is 10.8. The average molecular weight is 156 g/mol. The lowest BCUT2D eigenvalue weighted by molar-refractivity contribution is -0.131. The molecule has 63 valence electrons. The highest BCUT2D eigenvalue weighted by molar-refractivity contribution is 5.73. The van der Waals surface area contributed by atoms with Crippen LogP contribution in [0.4, 0.5) is 0 Å². The molecular weight excluding hydrogens is 142 g/mol. The predicted octanol–water partition coefficient (Wildman–Crippen LogP) is 0.194. The zero-order valence-electron chi connectivity index (χ0n) is 6.84. The Hall–Kier alpha value is -0.570. The molecule has 0 spiro atoms. The van der Waals surface area contributed by atoms with E-state index in [2.05, 4.69) is 6.92 Å². The minimum Gasteiger partial charge on any atom is -0.390 e. The molecule has 1 N–H and O–H groups in total. The van der Waals surface area contributed by atoms with Gasteiger partial charge >= 0.3 is 0 Å². The number of aliphatic hydroxyl groups is 1. The van der Waals surface area contributed by atoms with Crippen molar-refractivity contribution >= 4 is 5.91 Å². The van der Waals surface area contributed by atoms with Gasteiger partial charge in [0.15, 0.2) is 0 Å². The van der Waals surface area contributed by atoms with Gasteiger partial charge in [-0.2, -0.15) is 0 Å². The molecular formula is C8H14NO2. The van der Waals surface area contributed by atoms with Gasteiger partial charge in [0.1, 0.15) is 0 Å². The number of carbonyl (C=O) groups is 1. The largest absolute Gasteiger partial charge is 0.390 e. The molecule has 0 aromatic carbocycles. The Morgan fingerprint density at radius 3 is 2.36 bits per heavy atom. The fourth-order valence-electron chi connectivity index (χ4n) is 1.24. The number of rotatable bonds is 0. The van der Waals surface area contributed by atoms with Crippen molar-refractivity contribution in [3.8, 4) is 0 Å². The Morgan fingerprint density at radius 2 is 2.00 bits per heavy atom. The molecule has 1 radical (unpaired) electrons. The maximum Gasteiger partial charge on any atom is 0.219 e. The lowest BCUT2D eigenvalue weighted by Gasteiger charge is -2.35. The molecule has 1 amide bonds. The molecule has 3 heteroatoms. The molecule has 11 heavy (non-hydrogen) atoms. The molecule has 1 saturated heterocycles. The quantitative estimate of drug-likeness (QED) is 0.544. The third-order valence-corrected chi connectivity index (χ3v) is 2.14. The molecule has 1 rings (SSSR count). The highest BCUT2D eigenvalue weighted by Crippen LogP contribution is 2.20. The van der Waals surface area contributed by atoms with Crippen molar-refractivity contribution < 1.29 is 9.90 Å². The first kappa shape index (κ1) is 8.53. The van der Waals surface area contributed by atoms with E-state index in [1.165, 1.54) is 0 Å². The fourth-order valence-corrected chi connectivity index (χ4v) is 1.24. The molecule has 1 aliphatic rings. The van der Waals surface area contributed by atoms with Gasteiger partial charge in [0.2, 0.25) is 5.91 Å². The summed E-state index contributed by atoms with van der Waals surface area (Å²) in [5, 5.41) is 9.42. The van der Waals surface area contributed by atoms with Crippen LogP contribution >= 0.6 is 0 Å². The van der Waals surface area contributed by atoms with Crippen LogP contribution in [0.2, 0.25) is 0 Å². The molecule has 0 aromatic heterocycles. The van der Waals surface area contributed by atoms with Crippen LogP contribution in [0.15, 0.2) is 0 Å². The second-order valence-corrected chi connectivity index (χ2v) is 3.23. The summed E-state index contributed by atoms with van der Waals surface area (Å²) in [4.78, 5) is 12.6. The number of piperidine rings is 1. The first-order valence-electron chi connectivity index (χ1n) is 3.84. The lowest BCUT2D eigenvalue weighted by atomic mass is 9.94. The van der Waals surface area contributed by atoms with Gasteiger partial charge in [-0.1, -0.05) is 0 Å². The topological polar surface area (TPSA) is 40.5 Å². The Kier molecular flexibility index (Phi) is 2.18. The SMILES string of the molecule is [CH2]C1(O)CCN(C(C)=O)CC1. The van der Waals surface area contributed by atoms with Crippen LogP contribution in [-0.2, 0) is 4.79 Å². The third kappa shape index (κ3) is 2.19. The molecule has 0 saturated carbocycles. The van der Waals surface area contributed by atoms with Crippen molar-refractivity contribution in [1.29, 1.82) is 0 Å². The molecule has 0 aromatic rings. The monoisotopic (exact) mass is 156 g/mol. The van der Waals surface area contributed by atoms with E-state index in [1.54, 1.807) is 11.8 Å².